The second-order valence-corrected chi connectivity index (χ2v) is 5.79. The van der Waals surface area contributed by atoms with E-state index in [-0.39, 0.29) is 24.0 Å². The zero-order valence-electron chi connectivity index (χ0n) is 13.2. The predicted octanol–water partition coefficient (Wildman–Crippen LogP) is 0.731. The van der Waals surface area contributed by atoms with E-state index in [9.17, 15) is 0 Å². The lowest BCUT2D eigenvalue weighted by atomic mass is 10.2. The number of likely N-dealkylation sites (N-methyl/N-ethyl adjacent to an activating group) is 1. The third kappa shape index (κ3) is 3.89. The maximum atomic E-state index is 5.96. The van der Waals surface area contributed by atoms with Gasteiger partial charge in [0, 0.05) is 25.6 Å². The van der Waals surface area contributed by atoms with Gasteiger partial charge >= 0.3 is 0 Å². The van der Waals surface area contributed by atoms with Crippen LogP contribution in [0.4, 0.5) is 0 Å². The molecule has 7 nitrogen and oxygen atoms in total. The number of hydrogen-bond acceptors (Lipinski definition) is 4. The van der Waals surface area contributed by atoms with E-state index in [0.29, 0.717) is 18.5 Å². The van der Waals surface area contributed by atoms with Crippen LogP contribution in [0.1, 0.15) is 37.8 Å². The summed E-state index contributed by atoms with van der Waals surface area (Å²) in [5.41, 5.74) is 5.96. The molecule has 0 spiro atoms. The van der Waals surface area contributed by atoms with Crippen molar-refractivity contribution < 1.29 is 0 Å². The van der Waals surface area contributed by atoms with E-state index >= 15 is 0 Å². The molecule has 8 heteroatoms. The smallest absolute Gasteiger partial charge is 0.189 e. The first kappa shape index (κ1) is 17.5. The number of aryl methyl sites for hydroxylation is 1. The molecule has 1 fully saturated rings. The summed E-state index contributed by atoms with van der Waals surface area (Å²) in [5.74, 6) is 2.51. The fraction of sp³-hybridized carbons (Fsp3) is 0.786. The summed E-state index contributed by atoms with van der Waals surface area (Å²) >= 11 is 0. The first-order valence-corrected chi connectivity index (χ1v) is 7.96. The average molecular weight is 419 g/mol. The van der Waals surface area contributed by atoms with Crippen molar-refractivity contribution in [3.63, 3.8) is 0 Å². The van der Waals surface area contributed by atoms with Crippen LogP contribution < -0.4 is 11.1 Å². The Hall–Kier alpha value is -0.900. The van der Waals surface area contributed by atoms with Gasteiger partial charge in [-0.1, -0.05) is 6.92 Å². The molecule has 3 heterocycles. The van der Waals surface area contributed by atoms with Crippen molar-refractivity contribution in [3.8, 4) is 0 Å². The van der Waals surface area contributed by atoms with Gasteiger partial charge in [0.05, 0.1) is 0 Å². The SMILES string of the molecule is CCN1CCCC1CNC(N)=NCc1nnc2n1CCC2.I. The zero-order chi connectivity index (χ0) is 14.7. The lowest BCUT2D eigenvalue weighted by Crippen LogP contribution is -2.42. The minimum absolute atomic E-state index is 0. The summed E-state index contributed by atoms with van der Waals surface area (Å²) in [6, 6.07) is 0.584. The van der Waals surface area contributed by atoms with Crippen molar-refractivity contribution in [1.82, 2.24) is 25.0 Å². The number of aromatic nitrogens is 3. The van der Waals surface area contributed by atoms with Gasteiger partial charge in [0.1, 0.15) is 12.4 Å². The van der Waals surface area contributed by atoms with Gasteiger partial charge in [-0.2, -0.15) is 0 Å². The Morgan fingerprint density at radius 2 is 2.23 bits per heavy atom. The van der Waals surface area contributed by atoms with E-state index in [1.807, 2.05) is 0 Å². The minimum atomic E-state index is 0. The van der Waals surface area contributed by atoms with E-state index in [4.69, 9.17) is 5.73 Å². The van der Waals surface area contributed by atoms with Crippen LogP contribution in [-0.2, 0) is 19.5 Å². The molecule has 22 heavy (non-hydrogen) atoms. The van der Waals surface area contributed by atoms with Crippen LogP contribution in [0.2, 0.25) is 0 Å². The number of nitrogens with zero attached hydrogens (tertiary/aromatic N) is 5. The maximum Gasteiger partial charge on any atom is 0.189 e. The van der Waals surface area contributed by atoms with Crippen LogP contribution in [0.5, 0.6) is 0 Å². The van der Waals surface area contributed by atoms with Gasteiger partial charge in [-0.05, 0) is 32.4 Å². The number of nitrogens with one attached hydrogen (secondary N) is 1. The largest absolute Gasteiger partial charge is 0.370 e. The molecule has 3 rings (SSSR count). The predicted molar refractivity (Wildman–Crippen MR) is 97.4 cm³/mol. The molecular formula is C14H26IN7. The van der Waals surface area contributed by atoms with Gasteiger partial charge < -0.3 is 15.6 Å². The lowest BCUT2D eigenvalue weighted by Gasteiger charge is -2.23. The van der Waals surface area contributed by atoms with E-state index in [1.54, 1.807) is 0 Å². The fourth-order valence-corrected chi connectivity index (χ4v) is 3.30. The highest BCUT2D eigenvalue weighted by atomic mass is 127. The van der Waals surface area contributed by atoms with Crippen molar-refractivity contribution in [3.05, 3.63) is 11.6 Å². The Morgan fingerprint density at radius 1 is 1.36 bits per heavy atom. The lowest BCUT2D eigenvalue weighted by molar-refractivity contribution is 0.267. The number of nitrogens with two attached hydrogens (primary N) is 1. The number of likely N-dealkylation sites (tertiary alicyclic amines) is 1. The molecule has 1 atom stereocenters. The monoisotopic (exact) mass is 419 g/mol. The molecule has 0 saturated carbocycles. The van der Waals surface area contributed by atoms with Gasteiger partial charge in [0.25, 0.3) is 0 Å². The van der Waals surface area contributed by atoms with E-state index in [0.717, 1.165) is 44.1 Å². The van der Waals surface area contributed by atoms with Gasteiger partial charge in [-0.15, -0.1) is 34.2 Å². The molecule has 1 aromatic rings. The number of aliphatic imine (C=N–C) groups is 1. The van der Waals surface area contributed by atoms with Crippen LogP contribution in [0.3, 0.4) is 0 Å². The van der Waals surface area contributed by atoms with E-state index in [1.165, 1.54) is 19.4 Å². The van der Waals surface area contributed by atoms with Crippen molar-refractivity contribution in [1.29, 1.82) is 0 Å². The normalized spacial score (nSPS) is 21.7. The number of halogens is 1. The zero-order valence-corrected chi connectivity index (χ0v) is 15.5. The van der Waals surface area contributed by atoms with Crippen molar-refractivity contribution >= 4 is 29.9 Å². The molecule has 0 bridgehead atoms. The maximum absolute atomic E-state index is 5.96. The molecule has 1 aromatic heterocycles. The Morgan fingerprint density at radius 3 is 3.05 bits per heavy atom. The first-order chi connectivity index (χ1) is 10.3. The minimum Gasteiger partial charge on any atom is -0.370 e. The molecule has 0 aromatic carbocycles. The topological polar surface area (TPSA) is 84.4 Å². The fourth-order valence-electron chi connectivity index (χ4n) is 3.30. The molecular weight excluding hydrogens is 393 g/mol. The second kappa shape index (κ2) is 8.09. The Bertz CT molecular complexity index is 513. The highest BCUT2D eigenvalue weighted by Gasteiger charge is 2.22. The summed E-state index contributed by atoms with van der Waals surface area (Å²) in [4.78, 5) is 6.89. The molecule has 0 aliphatic carbocycles. The van der Waals surface area contributed by atoms with Gasteiger partial charge in [0.2, 0.25) is 0 Å². The van der Waals surface area contributed by atoms with Crippen LogP contribution in [-0.4, -0.2) is 51.3 Å². The molecule has 1 unspecified atom stereocenters. The molecule has 1 saturated heterocycles. The van der Waals surface area contributed by atoms with Gasteiger partial charge in [-0.3, -0.25) is 4.90 Å². The summed E-state index contributed by atoms with van der Waals surface area (Å²) < 4.78 is 2.16. The van der Waals surface area contributed by atoms with Crippen LogP contribution >= 0.6 is 24.0 Å². The molecule has 3 N–H and O–H groups in total. The van der Waals surface area contributed by atoms with Gasteiger partial charge in [0.15, 0.2) is 11.8 Å². The highest BCUT2D eigenvalue weighted by molar-refractivity contribution is 14.0. The standard InChI is InChI=1S/C14H25N7.HI/c1-2-20-7-3-5-11(20)9-16-14(15)17-10-13-19-18-12-6-4-8-21(12)13;/h11H,2-10H2,1H3,(H3,15,16,17);1H. The third-order valence-corrected chi connectivity index (χ3v) is 4.50. The first-order valence-electron chi connectivity index (χ1n) is 7.96. The number of fused-ring (bicyclic) bond motifs is 1. The average Bonchev–Trinajstić information content (AvgIpc) is 3.19. The number of hydrogen-bond donors (Lipinski definition) is 2. The molecule has 2 aliphatic heterocycles. The van der Waals surface area contributed by atoms with Crippen molar-refractivity contribution in [2.45, 2.75) is 51.7 Å². The Kier molecular flexibility index (Phi) is 6.42. The Labute approximate surface area is 148 Å². The summed E-state index contributed by atoms with van der Waals surface area (Å²) in [7, 11) is 0. The van der Waals surface area contributed by atoms with Crippen molar-refractivity contribution in [2.75, 3.05) is 19.6 Å². The quantitative estimate of drug-likeness (QED) is 0.418. The van der Waals surface area contributed by atoms with E-state index in [2.05, 4.69) is 36.9 Å². The summed E-state index contributed by atoms with van der Waals surface area (Å²) in [6.07, 6.45) is 4.71. The Balaban J connectivity index is 0.00000176. The van der Waals surface area contributed by atoms with Crippen LogP contribution in [0.15, 0.2) is 4.99 Å². The van der Waals surface area contributed by atoms with Crippen LogP contribution in [0, 0.1) is 0 Å². The third-order valence-electron chi connectivity index (χ3n) is 4.50. The number of guanidine groups is 1. The second-order valence-electron chi connectivity index (χ2n) is 5.79. The number of rotatable bonds is 5. The summed E-state index contributed by atoms with van der Waals surface area (Å²) in [6.45, 7) is 6.91. The van der Waals surface area contributed by atoms with E-state index < -0.39 is 0 Å². The molecule has 0 radical (unpaired) electrons. The highest BCUT2D eigenvalue weighted by Crippen LogP contribution is 2.16. The molecule has 124 valence electrons. The molecule has 2 aliphatic rings. The molecule has 0 amide bonds. The van der Waals surface area contributed by atoms with Gasteiger partial charge in [-0.25, -0.2) is 4.99 Å². The van der Waals surface area contributed by atoms with Crippen molar-refractivity contribution in [2.24, 2.45) is 10.7 Å². The van der Waals surface area contributed by atoms with Crippen LogP contribution in [0.25, 0.3) is 0 Å². The summed E-state index contributed by atoms with van der Waals surface area (Å²) in [5, 5.41) is 11.6.